The highest BCUT2D eigenvalue weighted by Crippen LogP contribution is 2.41. The summed E-state index contributed by atoms with van der Waals surface area (Å²) in [6.45, 7) is 6.16. The lowest BCUT2D eigenvalue weighted by Gasteiger charge is -2.40. The van der Waals surface area contributed by atoms with Crippen molar-refractivity contribution in [1.29, 1.82) is 0 Å². The van der Waals surface area contributed by atoms with Gasteiger partial charge in [0.05, 0.1) is 5.92 Å². The highest BCUT2D eigenvalue weighted by atomic mass is 19.1. The van der Waals surface area contributed by atoms with Crippen molar-refractivity contribution in [1.82, 2.24) is 14.8 Å². The molecular formula is C20H24FN3O. The second-order valence-corrected chi connectivity index (χ2v) is 7.04. The minimum absolute atomic E-state index is 0.129. The van der Waals surface area contributed by atoms with E-state index >= 15 is 0 Å². The van der Waals surface area contributed by atoms with E-state index < -0.39 is 0 Å². The zero-order valence-corrected chi connectivity index (χ0v) is 15.0. The maximum absolute atomic E-state index is 14.4. The van der Waals surface area contributed by atoms with Gasteiger partial charge in [-0.1, -0.05) is 18.2 Å². The van der Waals surface area contributed by atoms with E-state index in [2.05, 4.69) is 22.0 Å². The van der Waals surface area contributed by atoms with Gasteiger partial charge in [-0.05, 0) is 44.5 Å². The SMILES string of the molecule is CCN(CC)C(=O)[C@@H]1C=C2c3cccc4[nH]c(F)c(c34)C[C@H]2N(C)C1. The van der Waals surface area contributed by atoms with Gasteiger partial charge in [-0.3, -0.25) is 9.69 Å². The van der Waals surface area contributed by atoms with Crippen LogP contribution in [0.4, 0.5) is 4.39 Å². The monoisotopic (exact) mass is 341 g/mol. The van der Waals surface area contributed by atoms with Crippen LogP contribution in [0.15, 0.2) is 24.3 Å². The minimum atomic E-state index is -0.226. The third kappa shape index (κ3) is 2.41. The molecule has 2 atom stereocenters. The van der Waals surface area contributed by atoms with Crippen LogP contribution in [0.2, 0.25) is 0 Å². The molecule has 1 aromatic heterocycles. The van der Waals surface area contributed by atoms with Crippen molar-refractivity contribution < 1.29 is 9.18 Å². The Morgan fingerprint density at radius 3 is 2.84 bits per heavy atom. The van der Waals surface area contributed by atoms with Crippen LogP contribution in [0.1, 0.15) is 25.0 Å². The molecule has 1 aromatic carbocycles. The number of halogens is 1. The molecule has 5 heteroatoms. The maximum atomic E-state index is 14.4. The maximum Gasteiger partial charge on any atom is 0.230 e. The lowest BCUT2D eigenvalue weighted by molar-refractivity contribution is -0.134. The molecule has 0 fully saturated rings. The summed E-state index contributed by atoms with van der Waals surface area (Å²) in [7, 11) is 2.04. The van der Waals surface area contributed by atoms with Crippen LogP contribution < -0.4 is 0 Å². The van der Waals surface area contributed by atoms with Crippen LogP contribution in [0.5, 0.6) is 0 Å². The normalized spacial score (nSPS) is 22.6. The number of H-pyrrole nitrogens is 1. The van der Waals surface area contributed by atoms with Gasteiger partial charge in [0.1, 0.15) is 0 Å². The van der Waals surface area contributed by atoms with Crippen LogP contribution in [0.25, 0.3) is 16.5 Å². The first-order valence-electron chi connectivity index (χ1n) is 9.05. The lowest BCUT2D eigenvalue weighted by atomic mass is 9.79. The summed E-state index contributed by atoms with van der Waals surface area (Å²) in [5, 5.41) is 0.979. The van der Waals surface area contributed by atoms with Gasteiger partial charge in [-0.25, -0.2) is 0 Å². The van der Waals surface area contributed by atoms with Gasteiger partial charge in [-0.2, -0.15) is 4.39 Å². The fraction of sp³-hybridized carbons (Fsp3) is 0.450. The highest BCUT2D eigenvalue weighted by molar-refractivity contribution is 5.99. The smallest absolute Gasteiger partial charge is 0.230 e. The molecule has 4 nitrogen and oxygen atoms in total. The van der Waals surface area contributed by atoms with Gasteiger partial charge >= 0.3 is 0 Å². The number of likely N-dealkylation sites (N-methyl/N-ethyl adjacent to an activating group) is 1. The molecule has 1 amide bonds. The number of aromatic nitrogens is 1. The zero-order chi connectivity index (χ0) is 17.7. The standard InChI is InChI=1S/C20H24FN3O/c1-4-24(5-2)20(25)12-9-14-13-7-6-8-16-18(13)15(19(21)22-16)10-17(14)23(3)11-12/h6-9,12,17,22H,4-5,10-11H2,1-3H3/t12-,17-/m1/s1. The molecule has 0 spiro atoms. The van der Waals surface area contributed by atoms with Crippen LogP contribution in [-0.2, 0) is 11.2 Å². The fourth-order valence-electron chi connectivity index (χ4n) is 4.42. The molecule has 1 N–H and O–H groups in total. The molecule has 0 radical (unpaired) electrons. The van der Waals surface area contributed by atoms with Crippen molar-refractivity contribution in [2.45, 2.75) is 26.3 Å². The van der Waals surface area contributed by atoms with E-state index in [1.807, 2.05) is 37.9 Å². The second kappa shape index (κ2) is 5.99. The number of aromatic amines is 1. The molecule has 132 valence electrons. The Hall–Kier alpha value is -2.14. The molecule has 2 heterocycles. The summed E-state index contributed by atoms with van der Waals surface area (Å²) in [5.41, 5.74) is 3.83. The third-order valence-electron chi connectivity index (χ3n) is 5.73. The molecule has 0 unspecified atom stereocenters. The van der Waals surface area contributed by atoms with E-state index in [1.54, 1.807) is 0 Å². The Balaban J connectivity index is 1.83. The number of hydrogen-bond acceptors (Lipinski definition) is 2. The van der Waals surface area contributed by atoms with Crippen molar-refractivity contribution >= 4 is 22.4 Å². The summed E-state index contributed by atoms with van der Waals surface area (Å²) < 4.78 is 14.4. The van der Waals surface area contributed by atoms with Gasteiger partial charge in [0.25, 0.3) is 0 Å². The number of hydrogen-bond donors (Lipinski definition) is 1. The van der Waals surface area contributed by atoms with Crippen molar-refractivity contribution in [2.24, 2.45) is 5.92 Å². The van der Waals surface area contributed by atoms with Gasteiger partial charge in [-0.15, -0.1) is 0 Å². The van der Waals surface area contributed by atoms with E-state index in [-0.39, 0.29) is 23.8 Å². The van der Waals surface area contributed by atoms with E-state index in [9.17, 15) is 9.18 Å². The quantitative estimate of drug-likeness (QED) is 0.932. The fourth-order valence-corrected chi connectivity index (χ4v) is 4.42. The Labute approximate surface area is 147 Å². The molecule has 0 saturated heterocycles. The molecule has 1 aliphatic carbocycles. The number of amides is 1. The Morgan fingerprint density at radius 2 is 2.12 bits per heavy atom. The van der Waals surface area contributed by atoms with Gasteiger partial charge in [0, 0.05) is 42.1 Å². The summed E-state index contributed by atoms with van der Waals surface area (Å²) in [6, 6.07) is 6.05. The van der Waals surface area contributed by atoms with Gasteiger partial charge in [0.15, 0.2) is 5.95 Å². The molecule has 4 rings (SSSR count). The topological polar surface area (TPSA) is 39.3 Å². The summed E-state index contributed by atoms with van der Waals surface area (Å²) in [6.07, 6.45) is 2.78. The number of rotatable bonds is 3. The number of carbonyl (C=O) groups is 1. The first-order valence-corrected chi connectivity index (χ1v) is 9.05. The van der Waals surface area contributed by atoms with Gasteiger partial charge in [0.2, 0.25) is 5.91 Å². The number of fused-ring (bicyclic) bond motifs is 2. The predicted molar refractivity (Wildman–Crippen MR) is 97.8 cm³/mol. The van der Waals surface area contributed by atoms with Crippen LogP contribution >= 0.6 is 0 Å². The molecule has 2 aliphatic rings. The molecule has 25 heavy (non-hydrogen) atoms. The largest absolute Gasteiger partial charge is 0.343 e. The number of benzene rings is 1. The molecular weight excluding hydrogens is 317 g/mol. The summed E-state index contributed by atoms with van der Waals surface area (Å²) >= 11 is 0. The average Bonchev–Trinajstić information content (AvgIpc) is 2.93. The third-order valence-corrected chi connectivity index (χ3v) is 5.73. The van der Waals surface area contributed by atoms with Crippen molar-refractivity contribution in [3.05, 3.63) is 41.3 Å². The number of carbonyl (C=O) groups excluding carboxylic acids is 1. The van der Waals surface area contributed by atoms with Crippen molar-refractivity contribution in [3.8, 4) is 0 Å². The molecule has 1 aliphatic heterocycles. The van der Waals surface area contributed by atoms with Crippen molar-refractivity contribution in [2.75, 3.05) is 26.7 Å². The Morgan fingerprint density at radius 1 is 1.36 bits per heavy atom. The van der Waals surface area contributed by atoms with Crippen LogP contribution in [0.3, 0.4) is 0 Å². The zero-order valence-electron chi connectivity index (χ0n) is 15.0. The number of nitrogens with one attached hydrogen (secondary N) is 1. The summed E-state index contributed by atoms with van der Waals surface area (Å²) in [4.78, 5) is 19.8. The molecule has 2 aromatic rings. The van der Waals surface area contributed by atoms with Crippen LogP contribution in [-0.4, -0.2) is 53.4 Å². The molecule has 0 bridgehead atoms. The van der Waals surface area contributed by atoms with E-state index in [4.69, 9.17) is 0 Å². The number of nitrogens with zero attached hydrogens (tertiary/aromatic N) is 2. The van der Waals surface area contributed by atoms with E-state index in [0.29, 0.717) is 13.0 Å². The molecule has 0 saturated carbocycles. The van der Waals surface area contributed by atoms with Crippen LogP contribution in [0, 0.1) is 11.9 Å². The Kier molecular flexibility index (Phi) is 3.91. The predicted octanol–water partition coefficient (Wildman–Crippen LogP) is 3.05. The summed E-state index contributed by atoms with van der Waals surface area (Å²) in [5.74, 6) is -0.186. The first kappa shape index (κ1) is 16.3. The highest BCUT2D eigenvalue weighted by Gasteiger charge is 2.37. The Bertz CT molecular complexity index is 865. The average molecular weight is 341 g/mol. The van der Waals surface area contributed by atoms with E-state index in [1.165, 1.54) is 0 Å². The lowest BCUT2D eigenvalue weighted by Crippen LogP contribution is -2.47. The second-order valence-electron chi connectivity index (χ2n) is 7.04. The van der Waals surface area contributed by atoms with Crippen molar-refractivity contribution in [3.63, 3.8) is 0 Å². The van der Waals surface area contributed by atoms with E-state index in [0.717, 1.165) is 40.7 Å². The first-order chi connectivity index (χ1) is 12.0. The van der Waals surface area contributed by atoms with Gasteiger partial charge < -0.3 is 9.88 Å². The minimum Gasteiger partial charge on any atom is -0.343 e.